The van der Waals surface area contributed by atoms with Crippen molar-refractivity contribution in [3.8, 4) is 0 Å². The number of nitrogens with one attached hydrogen (secondary N) is 3. The molecule has 0 radical (unpaired) electrons. The van der Waals surface area contributed by atoms with Crippen LogP contribution in [0.1, 0.15) is 56.4 Å². The molecule has 0 aliphatic heterocycles. The third-order valence-corrected chi connectivity index (χ3v) is 5.47. The third-order valence-electron chi connectivity index (χ3n) is 4.23. The molecule has 1 aromatic rings. The van der Waals surface area contributed by atoms with Crippen LogP contribution in [0.2, 0.25) is 0 Å². The molecule has 1 aromatic heterocycles. The summed E-state index contributed by atoms with van der Waals surface area (Å²) in [5, 5.41) is 9.30. The van der Waals surface area contributed by atoms with Crippen LogP contribution in [0.25, 0.3) is 0 Å². The number of hydrogen-bond acceptors (Lipinski definition) is 3. The minimum atomic E-state index is -0.223. The first kappa shape index (κ1) is 23.2. The first-order valence-corrected chi connectivity index (χ1v) is 9.76. The summed E-state index contributed by atoms with van der Waals surface area (Å²) in [5.41, 5.74) is 1.70. The van der Waals surface area contributed by atoms with Crippen LogP contribution < -0.4 is 16.0 Å². The Labute approximate surface area is 178 Å². The van der Waals surface area contributed by atoms with E-state index in [0.29, 0.717) is 11.4 Å². The molecular weight excluding hydrogens is 459 g/mol. The minimum Gasteiger partial charge on any atom is -0.352 e. The highest BCUT2D eigenvalue weighted by Crippen LogP contribution is 2.38. The number of amides is 1. The third kappa shape index (κ3) is 7.42. The first-order valence-electron chi connectivity index (χ1n) is 8.94. The smallest absolute Gasteiger partial charge is 0.239 e. The van der Waals surface area contributed by atoms with Crippen LogP contribution in [0.3, 0.4) is 0 Å². The molecule has 1 heterocycles. The van der Waals surface area contributed by atoms with Crippen molar-refractivity contribution in [1.82, 2.24) is 16.0 Å². The van der Waals surface area contributed by atoms with Crippen LogP contribution >= 0.6 is 35.3 Å². The van der Waals surface area contributed by atoms with Gasteiger partial charge in [0, 0.05) is 22.3 Å². The number of hydrogen-bond donors (Lipinski definition) is 3. The lowest BCUT2D eigenvalue weighted by Gasteiger charge is -2.29. The molecule has 2 rings (SSSR count). The lowest BCUT2D eigenvalue weighted by Crippen LogP contribution is -2.48. The molecule has 0 atom stereocenters. The van der Waals surface area contributed by atoms with E-state index in [1.54, 1.807) is 7.05 Å². The zero-order valence-electron chi connectivity index (χ0n) is 16.8. The van der Waals surface area contributed by atoms with Crippen LogP contribution in [-0.2, 0) is 24.2 Å². The van der Waals surface area contributed by atoms with Gasteiger partial charge in [-0.1, -0.05) is 13.8 Å². The van der Waals surface area contributed by atoms with Crippen molar-refractivity contribution in [1.29, 1.82) is 0 Å². The van der Waals surface area contributed by atoms with Gasteiger partial charge in [0.05, 0.1) is 13.1 Å². The van der Waals surface area contributed by atoms with E-state index < -0.39 is 0 Å². The molecule has 0 unspecified atom stereocenters. The van der Waals surface area contributed by atoms with Crippen molar-refractivity contribution in [2.45, 2.75) is 66.0 Å². The average molecular weight is 492 g/mol. The van der Waals surface area contributed by atoms with E-state index in [2.05, 4.69) is 40.9 Å². The number of nitrogens with zero attached hydrogens (tertiary/aromatic N) is 1. The largest absolute Gasteiger partial charge is 0.352 e. The maximum absolute atomic E-state index is 11.9. The van der Waals surface area contributed by atoms with Crippen molar-refractivity contribution in [2.24, 2.45) is 10.4 Å². The molecule has 0 bridgehead atoms. The van der Waals surface area contributed by atoms with Crippen molar-refractivity contribution in [3.05, 3.63) is 21.4 Å². The number of guanidine groups is 1. The number of carbonyl (C=O) groups is 1. The van der Waals surface area contributed by atoms with E-state index in [-0.39, 0.29) is 42.0 Å². The Hall–Kier alpha value is -0.830. The highest BCUT2D eigenvalue weighted by molar-refractivity contribution is 14.0. The number of carbonyl (C=O) groups excluding carboxylic acids is 1. The molecule has 0 aromatic carbocycles. The fourth-order valence-electron chi connectivity index (χ4n) is 3.05. The Morgan fingerprint density at radius 1 is 1.31 bits per heavy atom. The van der Waals surface area contributed by atoms with Gasteiger partial charge in [0.15, 0.2) is 5.96 Å². The Balaban J connectivity index is 0.00000338. The lowest BCUT2D eigenvalue weighted by molar-refractivity contribution is -0.121. The van der Waals surface area contributed by atoms with Crippen molar-refractivity contribution in [3.63, 3.8) is 0 Å². The molecule has 0 saturated heterocycles. The molecule has 1 aliphatic rings. The van der Waals surface area contributed by atoms with E-state index in [9.17, 15) is 4.79 Å². The number of rotatable bonds is 4. The van der Waals surface area contributed by atoms with Gasteiger partial charge in [-0.15, -0.1) is 35.3 Å². The van der Waals surface area contributed by atoms with E-state index in [1.165, 1.54) is 34.6 Å². The quantitative estimate of drug-likeness (QED) is 0.343. The van der Waals surface area contributed by atoms with Gasteiger partial charge in [0.2, 0.25) is 5.91 Å². The van der Waals surface area contributed by atoms with Gasteiger partial charge >= 0.3 is 0 Å². The summed E-state index contributed by atoms with van der Waals surface area (Å²) in [5.74, 6) is 0.611. The van der Waals surface area contributed by atoms with Crippen LogP contribution in [0, 0.1) is 5.41 Å². The Bertz CT molecular complexity index is 646. The van der Waals surface area contributed by atoms with Crippen LogP contribution in [-0.4, -0.2) is 31.0 Å². The molecule has 1 aliphatic carbocycles. The van der Waals surface area contributed by atoms with Gasteiger partial charge in [-0.2, -0.15) is 0 Å². The number of aryl methyl sites for hydroxylation is 1. The summed E-state index contributed by atoms with van der Waals surface area (Å²) in [6.07, 6.45) is 3.62. The van der Waals surface area contributed by atoms with Gasteiger partial charge in [-0.05, 0) is 57.1 Å². The summed E-state index contributed by atoms with van der Waals surface area (Å²) >= 11 is 1.90. The fraction of sp³-hybridized carbons (Fsp3) is 0.684. The first-order chi connectivity index (χ1) is 11.6. The summed E-state index contributed by atoms with van der Waals surface area (Å²) in [6, 6.07) is 2.33. The van der Waals surface area contributed by atoms with Gasteiger partial charge < -0.3 is 16.0 Å². The van der Waals surface area contributed by atoms with Crippen LogP contribution in [0.5, 0.6) is 0 Å². The molecule has 148 valence electrons. The maximum atomic E-state index is 11.9. The van der Waals surface area contributed by atoms with Gasteiger partial charge in [0.1, 0.15) is 0 Å². The highest BCUT2D eigenvalue weighted by Gasteiger charge is 2.26. The van der Waals surface area contributed by atoms with Crippen molar-refractivity contribution in [2.75, 3.05) is 13.6 Å². The Morgan fingerprint density at radius 3 is 2.62 bits per heavy atom. The Kier molecular flexibility index (Phi) is 8.38. The number of thiophene rings is 1. The second-order valence-electron chi connectivity index (χ2n) is 8.58. The van der Waals surface area contributed by atoms with Crippen LogP contribution in [0.15, 0.2) is 11.1 Å². The lowest BCUT2D eigenvalue weighted by atomic mass is 9.77. The Morgan fingerprint density at radius 2 is 2.00 bits per heavy atom. The van der Waals surface area contributed by atoms with Crippen molar-refractivity contribution >= 4 is 47.2 Å². The molecule has 5 nitrogen and oxygen atoms in total. The van der Waals surface area contributed by atoms with E-state index in [0.717, 1.165) is 6.54 Å². The SMILES string of the molecule is CN=C(NCC(=O)NC(C)(C)C)NCc1cc2c(s1)CCC(C)(C)C2.I. The van der Waals surface area contributed by atoms with Crippen LogP contribution in [0.4, 0.5) is 0 Å². The minimum absolute atomic E-state index is 0. The maximum Gasteiger partial charge on any atom is 0.239 e. The highest BCUT2D eigenvalue weighted by atomic mass is 127. The van der Waals surface area contributed by atoms with E-state index >= 15 is 0 Å². The van der Waals surface area contributed by atoms with E-state index in [4.69, 9.17) is 0 Å². The van der Waals surface area contributed by atoms with Gasteiger partial charge in [-0.3, -0.25) is 9.79 Å². The molecule has 3 N–H and O–H groups in total. The summed E-state index contributed by atoms with van der Waals surface area (Å²) in [4.78, 5) is 18.9. The number of fused-ring (bicyclic) bond motifs is 1. The molecule has 0 fully saturated rings. The molecular formula is C19H33IN4OS. The summed E-state index contributed by atoms with van der Waals surface area (Å²) < 4.78 is 0. The molecule has 0 spiro atoms. The van der Waals surface area contributed by atoms with Gasteiger partial charge in [0.25, 0.3) is 0 Å². The summed E-state index contributed by atoms with van der Waals surface area (Å²) in [6.45, 7) is 11.6. The fourth-order valence-corrected chi connectivity index (χ4v) is 4.18. The second kappa shape index (κ2) is 9.39. The normalized spacial score (nSPS) is 16.3. The van der Waals surface area contributed by atoms with E-state index in [1.807, 2.05) is 32.1 Å². The molecule has 7 heteroatoms. The second-order valence-corrected chi connectivity index (χ2v) is 9.80. The van der Waals surface area contributed by atoms with Crippen molar-refractivity contribution < 1.29 is 4.79 Å². The van der Waals surface area contributed by atoms with Gasteiger partial charge in [-0.25, -0.2) is 0 Å². The molecule has 1 amide bonds. The zero-order chi connectivity index (χ0) is 18.7. The molecule has 0 saturated carbocycles. The topological polar surface area (TPSA) is 65.5 Å². The molecule has 26 heavy (non-hydrogen) atoms. The monoisotopic (exact) mass is 492 g/mol. The predicted molar refractivity (Wildman–Crippen MR) is 122 cm³/mol. The standard InChI is InChI=1S/C19H32N4OS.HI/c1-18(2,3)23-16(24)12-22-17(20-6)21-11-14-9-13-10-19(4,5)8-7-15(13)25-14;/h9H,7-8,10-12H2,1-6H3,(H,23,24)(H2,20,21,22);1H. The average Bonchev–Trinajstić information content (AvgIpc) is 2.86. The number of aliphatic imine (C=N–C) groups is 1. The summed E-state index contributed by atoms with van der Waals surface area (Å²) in [7, 11) is 1.72. The predicted octanol–water partition coefficient (Wildman–Crippen LogP) is 3.46. The number of halogens is 1. The zero-order valence-corrected chi connectivity index (χ0v) is 19.9.